The Bertz CT molecular complexity index is 235. The molecular weight excluding hydrogens is 176 g/mol. The van der Waals surface area contributed by atoms with Gasteiger partial charge >= 0.3 is 0 Å². The summed E-state index contributed by atoms with van der Waals surface area (Å²) in [7, 11) is 0. The summed E-state index contributed by atoms with van der Waals surface area (Å²) in [4.78, 5) is 11.6. The zero-order chi connectivity index (χ0) is 10.2. The third-order valence-corrected chi connectivity index (χ3v) is 3.72. The highest BCUT2D eigenvalue weighted by molar-refractivity contribution is 5.81. The molecule has 2 atom stereocenters. The largest absolute Gasteiger partial charge is 0.355 e. The van der Waals surface area contributed by atoms with E-state index in [4.69, 9.17) is 5.73 Å². The summed E-state index contributed by atoms with van der Waals surface area (Å²) < 4.78 is 0. The molecule has 3 N–H and O–H groups in total. The number of nitrogens with two attached hydrogens (primary N) is 1. The number of rotatable bonds is 5. The molecule has 0 saturated heterocycles. The van der Waals surface area contributed by atoms with Crippen LogP contribution in [0.3, 0.4) is 0 Å². The highest BCUT2D eigenvalue weighted by atomic mass is 16.2. The van der Waals surface area contributed by atoms with Gasteiger partial charge in [-0.2, -0.15) is 0 Å². The van der Waals surface area contributed by atoms with Crippen LogP contribution in [0, 0.1) is 17.3 Å². The Hall–Kier alpha value is -0.570. The van der Waals surface area contributed by atoms with Crippen molar-refractivity contribution in [2.45, 2.75) is 32.6 Å². The SMILES string of the molecule is CC1CC1C(=O)NCC1(CCN)CC1. The van der Waals surface area contributed by atoms with E-state index in [-0.39, 0.29) is 5.91 Å². The van der Waals surface area contributed by atoms with E-state index in [2.05, 4.69) is 12.2 Å². The van der Waals surface area contributed by atoms with Crippen LogP contribution >= 0.6 is 0 Å². The van der Waals surface area contributed by atoms with Crippen LogP contribution in [-0.2, 0) is 4.79 Å². The molecule has 0 aliphatic heterocycles. The average Bonchev–Trinajstić information content (AvgIpc) is 3.02. The summed E-state index contributed by atoms with van der Waals surface area (Å²) >= 11 is 0. The maximum Gasteiger partial charge on any atom is 0.223 e. The van der Waals surface area contributed by atoms with E-state index >= 15 is 0 Å². The zero-order valence-corrected chi connectivity index (χ0v) is 8.88. The van der Waals surface area contributed by atoms with E-state index in [1.165, 1.54) is 12.8 Å². The summed E-state index contributed by atoms with van der Waals surface area (Å²) in [5.74, 6) is 1.18. The van der Waals surface area contributed by atoms with E-state index in [9.17, 15) is 4.79 Å². The van der Waals surface area contributed by atoms with Gasteiger partial charge in [0.2, 0.25) is 5.91 Å². The van der Waals surface area contributed by atoms with Gasteiger partial charge in [0.15, 0.2) is 0 Å². The molecule has 80 valence electrons. The Morgan fingerprint density at radius 2 is 2.21 bits per heavy atom. The van der Waals surface area contributed by atoms with E-state index in [0.717, 1.165) is 25.9 Å². The predicted molar refractivity (Wildman–Crippen MR) is 55.6 cm³/mol. The van der Waals surface area contributed by atoms with Gasteiger partial charge in [-0.1, -0.05) is 6.92 Å². The van der Waals surface area contributed by atoms with Crippen molar-refractivity contribution < 1.29 is 4.79 Å². The minimum atomic E-state index is 0.265. The Morgan fingerprint density at radius 1 is 1.57 bits per heavy atom. The molecule has 2 aliphatic carbocycles. The van der Waals surface area contributed by atoms with Crippen LogP contribution < -0.4 is 11.1 Å². The molecule has 2 unspecified atom stereocenters. The van der Waals surface area contributed by atoms with Gasteiger partial charge in [-0.3, -0.25) is 4.79 Å². The lowest BCUT2D eigenvalue weighted by atomic mass is 10.0. The quantitative estimate of drug-likeness (QED) is 0.686. The molecule has 0 radical (unpaired) electrons. The maximum atomic E-state index is 11.6. The van der Waals surface area contributed by atoms with Crippen molar-refractivity contribution in [3.05, 3.63) is 0 Å². The van der Waals surface area contributed by atoms with Gasteiger partial charge in [0, 0.05) is 12.5 Å². The molecule has 2 rings (SSSR count). The van der Waals surface area contributed by atoms with E-state index < -0.39 is 0 Å². The number of carbonyl (C=O) groups excluding carboxylic acids is 1. The van der Waals surface area contributed by atoms with Gasteiger partial charge in [0.1, 0.15) is 0 Å². The lowest BCUT2D eigenvalue weighted by Gasteiger charge is -2.14. The van der Waals surface area contributed by atoms with Gasteiger partial charge in [-0.15, -0.1) is 0 Å². The van der Waals surface area contributed by atoms with Gasteiger partial charge in [-0.25, -0.2) is 0 Å². The Kier molecular flexibility index (Phi) is 2.52. The van der Waals surface area contributed by atoms with Gasteiger partial charge in [-0.05, 0) is 43.6 Å². The molecule has 2 saturated carbocycles. The Morgan fingerprint density at radius 3 is 2.64 bits per heavy atom. The Labute approximate surface area is 85.4 Å². The van der Waals surface area contributed by atoms with E-state index in [1.54, 1.807) is 0 Å². The first-order valence-electron chi connectivity index (χ1n) is 5.65. The van der Waals surface area contributed by atoms with Crippen LogP contribution in [0.4, 0.5) is 0 Å². The van der Waals surface area contributed by atoms with Crippen LogP contribution in [-0.4, -0.2) is 19.0 Å². The summed E-state index contributed by atoms with van der Waals surface area (Å²) in [6, 6.07) is 0. The molecule has 14 heavy (non-hydrogen) atoms. The molecule has 1 amide bonds. The lowest BCUT2D eigenvalue weighted by Crippen LogP contribution is -2.32. The van der Waals surface area contributed by atoms with Crippen molar-refractivity contribution >= 4 is 5.91 Å². The third-order valence-electron chi connectivity index (χ3n) is 3.72. The minimum absolute atomic E-state index is 0.265. The fraction of sp³-hybridized carbons (Fsp3) is 0.909. The number of hydrogen-bond acceptors (Lipinski definition) is 2. The topological polar surface area (TPSA) is 55.1 Å². The van der Waals surface area contributed by atoms with Crippen LogP contribution in [0.25, 0.3) is 0 Å². The molecule has 0 heterocycles. The highest BCUT2D eigenvalue weighted by Crippen LogP contribution is 2.48. The second kappa shape index (κ2) is 3.54. The molecule has 0 aromatic carbocycles. The number of carbonyl (C=O) groups is 1. The molecule has 0 bridgehead atoms. The predicted octanol–water partition coefficient (Wildman–Crippen LogP) is 0.888. The lowest BCUT2D eigenvalue weighted by molar-refractivity contribution is -0.122. The summed E-state index contributed by atoms with van der Waals surface area (Å²) in [5, 5.41) is 3.07. The summed E-state index contributed by atoms with van der Waals surface area (Å²) in [6.45, 7) is 3.74. The zero-order valence-electron chi connectivity index (χ0n) is 8.88. The van der Waals surface area contributed by atoms with Crippen molar-refractivity contribution in [1.82, 2.24) is 5.32 Å². The molecule has 0 aromatic rings. The highest BCUT2D eigenvalue weighted by Gasteiger charge is 2.44. The normalized spacial score (nSPS) is 32.4. The number of nitrogens with one attached hydrogen (secondary N) is 1. The molecular formula is C11H20N2O. The van der Waals surface area contributed by atoms with Crippen LogP contribution in [0.1, 0.15) is 32.6 Å². The van der Waals surface area contributed by atoms with Gasteiger partial charge < -0.3 is 11.1 Å². The monoisotopic (exact) mass is 196 g/mol. The molecule has 0 spiro atoms. The first-order chi connectivity index (χ1) is 6.67. The van der Waals surface area contributed by atoms with E-state index in [0.29, 0.717) is 17.3 Å². The summed E-state index contributed by atoms with van der Waals surface area (Å²) in [6.07, 6.45) is 4.62. The first kappa shape index (κ1) is 9.97. The number of hydrogen-bond donors (Lipinski definition) is 2. The second-order valence-electron chi connectivity index (χ2n) is 5.08. The molecule has 3 nitrogen and oxygen atoms in total. The van der Waals surface area contributed by atoms with E-state index in [1.807, 2.05) is 0 Å². The summed E-state index contributed by atoms with van der Waals surface area (Å²) in [5.41, 5.74) is 5.92. The average molecular weight is 196 g/mol. The molecule has 0 aromatic heterocycles. The van der Waals surface area contributed by atoms with Crippen LogP contribution in [0.5, 0.6) is 0 Å². The molecule has 2 fully saturated rings. The molecule has 2 aliphatic rings. The smallest absolute Gasteiger partial charge is 0.223 e. The maximum absolute atomic E-state index is 11.6. The van der Waals surface area contributed by atoms with Crippen LogP contribution in [0.2, 0.25) is 0 Å². The van der Waals surface area contributed by atoms with Crippen molar-refractivity contribution in [1.29, 1.82) is 0 Å². The standard InChI is InChI=1S/C11H20N2O/c1-8-6-9(8)10(14)13-7-11(2-3-11)4-5-12/h8-9H,2-7,12H2,1H3,(H,13,14). The van der Waals surface area contributed by atoms with Gasteiger partial charge in [0.25, 0.3) is 0 Å². The van der Waals surface area contributed by atoms with Crippen LogP contribution in [0.15, 0.2) is 0 Å². The Balaban J connectivity index is 1.69. The number of amides is 1. The fourth-order valence-electron chi connectivity index (χ4n) is 2.09. The second-order valence-corrected chi connectivity index (χ2v) is 5.08. The van der Waals surface area contributed by atoms with Crippen molar-refractivity contribution in [3.8, 4) is 0 Å². The fourth-order valence-corrected chi connectivity index (χ4v) is 2.09. The van der Waals surface area contributed by atoms with Gasteiger partial charge in [0.05, 0.1) is 0 Å². The van der Waals surface area contributed by atoms with Crippen molar-refractivity contribution in [3.63, 3.8) is 0 Å². The minimum Gasteiger partial charge on any atom is -0.355 e. The third kappa shape index (κ3) is 2.08. The molecule has 3 heteroatoms. The van der Waals surface area contributed by atoms with Crippen molar-refractivity contribution in [2.24, 2.45) is 23.0 Å². The van der Waals surface area contributed by atoms with Crippen molar-refractivity contribution in [2.75, 3.05) is 13.1 Å². The first-order valence-corrected chi connectivity index (χ1v) is 5.65.